The van der Waals surface area contributed by atoms with Gasteiger partial charge in [0.1, 0.15) is 0 Å². The molecule has 0 unspecified atom stereocenters. The molecule has 0 aromatic heterocycles. The number of nitrogens with one attached hydrogen (secondary N) is 1. The third-order valence-corrected chi connectivity index (χ3v) is 9.09. The SMILES string of the molecule is O=C(/C=C/CNC(=O)C1(F)CCN(S(=O)(=O)c2ccc(C(F)(F)F)cc2-c2ccccc2Cl)CC1)N1CC(F)(F)C1. The van der Waals surface area contributed by atoms with Crippen molar-refractivity contribution in [2.24, 2.45) is 0 Å². The minimum absolute atomic E-state index is 0.0277. The minimum atomic E-state index is -4.75. The molecule has 222 valence electrons. The topological polar surface area (TPSA) is 86.8 Å². The summed E-state index contributed by atoms with van der Waals surface area (Å²) in [5.74, 6) is -4.66. The molecule has 0 atom stereocenters. The van der Waals surface area contributed by atoms with E-state index in [4.69, 9.17) is 11.6 Å². The predicted octanol–water partition coefficient (Wildman–Crippen LogP) is 4.67. The highest BCUT2D eigenvalue weighted by molar-refractivity contribution is 7.89. The van der Waals surface area contributed by atoms with Crippen LogP contribution in [-0.2, 0) is 25.8 Å². The maximum absolute atomic E-state index is 15.4. The molecule has 2 fully saturated rings. The Kier molecular flexibility index (Phi) is 8.50. The first-order valence-corrected chi connectivity index (χ1v) is 14.1. The molecule has 2 amide bonds. The number of rotatable bonds is 7. The summed E-state index contributed by atoms with van der Waals surface area (Å²) in [7, 11) is -4.44. The highest BCUT2D eigenvalue weighted by Gasteiger charge is 2.46. The number of amides is 2. The minimum Gasteiger partial charge on any atom is -0.350 e. The van der Waals surface area contributed by atoms with Crippen LogP contribution < -0.4 is 5.32 Å². The van der Waals surface area contributed by atoms with Gasteiger partial charge in [0.2, 0.25) is 15.9 Å². The summed E-state index contributed by atoms with van der Waals surface area (Å²) in [5.41, 5.74) is -3.74. The fourth-order valence-electron chi connectivity index (χ4n) is 4.51. The van der Waals surface area contributed by atoms with Crippen LogP contribution in [0.25, 0.3) is 11.1 Å². The van der Waals surface area contributed by atoms with Gasteiger partial charge in [-0.2, -0.15) is 17.5 Å². The number of carbonyl (C=O) groups excluding carboxylic acids is 2. The number of nitrogens with zero attached hydrogens (tertiary/aromatic N) is 2. The van der Waals surface area contributed by atoms with Crippen LogP contribution in [0.3, 0.4) is 0 Å². The lowest BCUT2D eigenvalue weighted by Gasteiger charge is -2.37. The quantitative estimate of drug-likeness (QED) is 0.359. The molecule has 0 aliphatic carbocycles. The molecule has 7 nitrogen and oxygen atoms in total. The molecule has 2 aliphatic rings. The van der Waals surface area contributed by atoms with E-state index in [-0.39, 0.29) is 22.7 Å². The predicted molar refractivity (Wildman–Crippen MR) is 137 cm³/mol. The average molecular weight is 624 g/mol. The zero-order chi connectivity index (χ0) is 30.2. The van der Waals surface area contributed by atoms with E-state index in [2.05, 4.69) is 5.32 Å². The van der Waals surface area contributed by atoms with Gasteiger partial charge in [-0.1, -0.05) is 35.9 Å². The van der Waals surface area contributed by atoms with Gasteiger partial charge in [-0.15, -0.1) is 0 Å². The summed E-state index contributed by atoms with van der Waals surface area (Å²) in [6, 6.07) is 7.96. The third kappa shape index (κ3) is 6.70. The average Bonchev–Trinajstić information content (AvgIpc) is 2.89. The molecule has 0 saturated carbocycles. The molecule has 2 aromatic rings. The van der Waals surface area contributed by atoms with Crippen molar-refractivity contribution in [2.75, 3.05) is 32.7 Å². The van der Waals surface area contributed by atoms with Crippen LogP contribution in [0.2, 0.25) is 5.02 Å². The Hall–Kier alpha value is -3.10. The van der Waals surface area contributed by atoms with Crippen LogP contribution in [0.5, 0.6) is 0 Å². The number of carbonyl (C=O) groups is 2. The van der Waals surface area contributed by atoms with Crippen LogP contribution in [0.15, 0.2) is 59.5 Å². The van der Waals surface area contributed by atoms with Crippen LogP contribution in [0.1, 0.15) is 18.4 Å². The maximum Gasteiger partial charge on any atom is 0.416 e. The summed E-state index contributed by atoms with van der Waals surface area (Å²) >= 11 is 6.17. The maximum atomic E-state index is 15.4. The van der Waals surface area contributed by atoms with Crippen molar-refractivity contribution in [3.8, 4) is 11.1 Å². The highest BCUT2D eigenvalue weighted by Crippen LogP contribution is 2.40. The molecule has 0 bridgehead atoms. The zero-order valence-electron chi connectivity index (χ0n) is 21.2. The lowest BCUT2D eigenvalue weighted by Crippen LogP contribution is -2.58. The normalized spacial score (nSPS) is 19.1. The Morgan fingerprint density at radius 2 is 1.63 bits per heavy atom. The highest BCUT2D eigenvalue weighted by atomic mass is 35.5. The Balaban J connectivity index is 1.44. The molecular formula is C26H24ClF6N3O4S. The lowest BCUT2D eigenvalue weighted by atomic mass is 9.93. The smallest absolute Gasteiger partial charge is 0.350 e. The number of alkyl halides is 6. The molecule has 15 heteroatoms. The number of piperidine rings is 1. The number of halogens is 7. The van der Waals surface area contributed by atoms with Crippen molar-refractivity contribution >= 4 is 33.4 Å². The number of likely N-dealkylation sites (tertiary alicyclic amines) is 1. The van der Waals surface area contributed by atoms with Gasteiger partial charge in [-0.3, -0.25) is 9.59 Å². The molecule has 0 radical (unpaired) electrons. The van der Waals surface area contributed by atoms with Crippen molar-refractivity contribution in [1.82, 2.24) is 14.5 Å². The molecule has 2 aromatic carbocycles. The summed E-state index contributed by atoms with van der Waals surface area (Å²) in [6.45, 7) is -2.56. The molecule has 4 rings (SSSR count). The third-order valence-electron chi connectivity index (χ3n) is 6.81. The molecule has 1 N–H and O–H groups in total. The second-order valence-electron chi connectivity index (χ2n) is 9.72. The number of hydrogen-bond donors (Lipinski definition) is 1. The van der Waals surface area contributed by atoms with E-state index in [0.29, 0.717) is 12.1 Å². The van der Waals surface area contributed by atoms with Gasteiger partial charge in [0.05, 0.1) is 23.5 Å². The van der Waals surface area contributed by atoms with Gasteiger partial charge in [0.25, 0.3) is 11.8 Å². The Morgan fingerprint density at radius 3 is 2.22 bits per heavy atom. The monoisotopic (exact) mass is 623 g/mol. The number of sulfonamides is 1. The van der Waals surface area contributed by atoms with E-state index in [1.165, 1.54) is 30.3 Å². The Bertz CT molecular complexity index is 1470. The van der Waals surface area contributed by atoms with Gasteiger partial charge >= 0.3 is 6.18 Å². The van der Waals surface area contributed by atoms with E-state index >= 15 is 4.39 Å². The fourth-order valence-corrected chi connectivity index (χ4v) is 6.38. The van der Waals surface area contributed by atoms with E-state index in [9.17, 15) is 40.0 Å². The largest absolute Gasteiger partial charge is 0.416 e. The molecule has 2 aliphatic heterocycles. The van der Waals surface area contributed by atoms with Crippen LogP contribution in [0.4, 0.5) is 26.3 Å². The van der Waals surface area contributed by atoms with Crippen LogP contribution in [-0.4, -0.2) is 73.8 Å². The summed E-state index contributed by atoms with van der Waals surface area (Å²) in [4.78, 5) is 24.7. The molecule has 2 heterocycles. The van der Waals surface area contributed by atoms with E-state index in [0.717, 1.165) is 21.3 Å². The van der Waals surface area contributed by atoms with E-state index in [1.807, 2.05) is 0 Å². The van der Waals surface area contributed by atoms with Gasteiger partial charge < -0.3 is 10.2 Å². The summed E-state index contributed by atoms with van der Waals surface area (Å²) in [5, 5.41) is 2.30. The van der Waals surface area contributed by atoms with Crippen LogP contribution in [0, 0.1) is 0 Å². The Morgan fingerprint density at radius 1 is 1.00 bits per heavy atom. The standard InChI is InChI=1S/C26H24ClF6N3O4S/c27-20-5-2-1-4-18(20)19-14-17(26(31,32)33)7-8-21(19)41(39,40)36-12-9-24(28,10-13-36)23(38)34-11-3-6-22(37)35-15-25(29,30)16-35/h1-8,14H,9-13,15-16H2,(H,34,38)/b6-3+. The van der Waals surface area contributed by atoms with Crippen molar-refractivity contribution in [1.29, 1.82) is 0 Å². The summed E-state index contributed by atoms with van der Waals surface area (Å²) in [6.07, 6.45) is -3.66. The van der Waals surface area contributed by atoms with Crippen LogP contribution >= 0.6 is 11.6 Å². The molecule has 41 heavy (non-hydrogen) atoms. The first kappa shape index (κ1) is 30.8. The lowest BCUT2D eigenvalue weighted by molar-refractivity contribution is -0.160. The van der Waals surface area contributed by atoms with Crippen molar-refractivity contribution in [2.45, 2.75) is 35.5 Å². The summed E-state index contributed by atoms with van der Waals surface area (Å²) < 4.78 is 109. The fraction of sp³-hybridized carbons (Fsp3) is 0.385. The molecule has 2 saturated heterocycles. The first-order valence-electron chi connectivity index (χ1n) is 12.3. The molecular weight excluding hydrogens is 600 g/mol. The van der Waals surface area contributed by atoms with Gasteiger partial charge in [-0.05, 0) is 24.3 Å². The van der Waals surface area contributed by atoms with Crippen molar-refractivity contribution in [3.63, 3.8) is 0 Å². The van der Waals surface area contributed by atoms with Crippen molar-refractivity contribution in [3.05, 3.63) is 65.2 Å². The van der Waals surface area contributed by atoms with E-state index in [1.54, 1.807) is 0 Å². The Labute approximate surface area is 236 Å². The molecule has 0 spiro atoms. The van der Waals surface area contributed by atoms with Gasteiger partial charge in [-0.25, -0.2) is 21.6 Å². The van der Waals surface area contributed by atoms with E-state index < -0.39 is 89.1 Å². The first-order chi connectivity index (χ1) is 19.0. The van der Waals surface area contributed by atoms with Gasteiger partial charge in [0.15, 0.2) is 5.67 Å². The second kappa shape index (κ2) is 11.3. The number of benzene rings is 2. The van der Waals surface area contributed by atoms with Crippen molar-refractivity contribution < 1.29 is 44.3 Å². The van der Waals surface area contributed by atoms with Gasteiger partial charge in [0, 0.05) is 54.7 Å². The second-order valence-corrected chi connectivity index (χ2v) is 12.0. The zero-order valence-corrected chi connectivity index (χ0v) is 22.8. The number of hydrogen-bond acceptors (Lipinski definition) is 4.